The molecule has 0 aromatic carbocycles. The summed E-state index contributed by atoms with van der Waals surface area (Å²) in [7, 11) is 3.45. The first-order valence-electron chi connectivity index (χ1n) is 9.88. The topological polar surface area (TPSA) is 93.4 Å². The highest BCUT2D eigenvalue weighted by atomic mass is 16.5. The van der Waals surface area contributed by atoms with E-state index in [0.717, 1.165) is 45.5 Å². The van der Waals surface area contributed by atoms with Gasteiger partial charge in [-0.1, -0.05) is 6.92 Å². The van der Waals surface area contributed by atoms with Crippen molar-refractivity contribution < 1.29 is 9.53 Å². The van der Waals surface area contributed by atoms with E-state index in [4.69, 9.17) is 9.84 Å². The molecule has 4 heterocycles. The number of anilines is 2. The molecule has 1 aliphatic carbocycles. The molecule has 1 saturated carbocycles. The van der Waals surface area contributed by atoms with Crippen LogP contribution in [0.5, 0.6) is 5.75 Å². The van der Waals surface area contributed by atoms with Crippen molar-refractivity contribution in [1.29, 1.82) is 0 Å². The van der Waals surface area contributed by atoms with Crippen LogP contribution >= 0.6 is 0 Å². The van der Waals surface area contributed by atoms with Crippen LogP contribution in [0.25, 0.3) is 27.5 Å². The smallest absolute Gasteiger partial charge is 0.228 e. The molecule has 5 rings (SSSR count). The van der Waals surface area contributed by atoms with Crippen LogP contribution < -0.4 is 15.4 Å². The minimum Gasteiger partial charge on any atom is -0.495 e. The Balaban J connectivity index is 1.61. The Morgan fingerprint density at radius 2 is 2.03 bits per heavy atom. The van der Waals surface area contributed by atoms with Gasteiger partial charge in [-0.25, -0.2) is 14.5 Å². The van der Waals surface area contributed by atoms with E-state index >= 15 is 0 Å². The Morgan fingerprint density at radius 1 is 1.20 bits per heavy atom. The second-order valence-corrected chi connectivity index (χ2v) is 7.66. The van der Waals surface area contributed by atoms with Gasteiger partial charge in [-0.05, 0) is 36.6 Å². The number of fused-ring (bicyclic) bond motifs is 2. The number of aromatic nitrogens is 4. The minimum atomic E-state index is 0.0265. The van der Waals surface area contributed by atoms with Gasteiger partial charge in [0.1, 0.15) is 17.4 Å². The normalized spacial score (nSPS) is 17.8. The molecule has 0 saturated heterocycles. The van der Waals surface area contributed by atoms with Gasteiger partial charge >= 0.3 is 0 Å². The standard InChI is InChI=1S/C22H22N6O2/c1-12-6-15(12)22(29)26-20-8-16-17(9-25-21(23-2)18(16)10-24-20)19-7-13-4-5-14(30-3)11-28(13)27-19/h4-5,7-12,15H,6H2,1-3H3,(H,23,25)(H,24,26,29)/t12-,15+/m1/s1. The van der Waals surface area contributed by atoms with Crippen LogP contribution in [0.15, 0.2) is 42.9 Å². The highest BCUT2D eigenvalue weighted by molar-refractivity contribution is 6.03. The van der Waals surface area contributed by atoms with E-state index in [1.165, 1.54) is 0 Å². The number of amides is 1. The van der Waals surface area contributed by atoms with Crippen molar-refractivity contribution in [3.63, 3.8) is 0 Å². The largest absolute Gasteiger partial charge is 0.495 e. The van der Waals surface area contributed by atoms with Crippen molar-refractivity contribution in [2.24, 2.45) is 11.8 Å². The molecule has 0 bridgehead atoms. The van der Waals surface area contributed by atoms with Crippen molar-refractivity contribution in [2.45, 2.75) is 13.3 Å². The van der Waals surface area contributed by atoms with Crippen molar-refractivity contribution in [3.8, 4) is 17.0 Å². The molecule has 4 aromatic heterocycles. The van der Waals surface area contributed by atoms with Gasteiger partial charge in [-0.15, -0.1) is 0 Å². The molecule has 1 fully saturated rings. The van der Waals surface area contributed by atoms with E-state index in [0.29, 0.717) is 11.7 Å². The molecule has 152 valence electrons. The highest BCUT2D eigenvalue weighted by Crippen LogP contribution is 2.39. The van der Waals surface area contributed by atoms with Gasteiger partial charge in [0.05, 0.1) is 24.5 Å². The van der Waals surface area contributed by atoms with Gasteiger partial charge in [-0.2, -0.15) is 5.10 Å². The molecular formula is C22H22N6O2. The third-order valence-corrected chi connectivity index (χ3v) is 5.65. The molecule has 2 atom stereocenters. The van der Waals surface area contributed by atoms with E-state index in [1.54, 1.807) is 24.0 Å². The SMILES string of the molecule is CNc1ncc(-c2cc3ccc(OC)cn3n2)c2cc(NC(=O)[C@H]3C[C@H]3C)ncc12. The summed E-state index contributed by atoms with van der Waals surface area (Å²) in [6, 6.07) is 7.75. The Morgan fingerprint density at radius 3 is 2.77 bits per heavy atom. The number of pyridine rings is 3. The molecule has 8 heteroatoms. The van der Waals surface area contributed by atoms with Crippen LogP contribution in [0.2, 0.25) is 0 Å². The minimum absolute atomic E-state index is 0.0265. The number of nitrogens with one attached hydrogen (secondary N) is 2. The first kappa shape index (κ1) is 18.4. The van der Waals surface area contributed by atoms with E-state index in [9.17, 15) is 4.79 Å². The number of nitrogens with zero attached hydrogens (tertiary/aromatic N) is 4. The third-order valence-electron chi connectivity index (χ3n) is 5.65. The van der Waals surface area contributed by atoms with Crippen LogP contribution in [-0.2, 0) is 4.79 Å². The number of ether oxygens (including phenoxy) is 1. The van der Waals surface area contributed by atoms with Crippen LogP contribution in [-0.4, -0.2) is 39.6 Å². The van der Waals surface area contributed by atoms with Crippen molar-refractivity contribution >= 4 is 33.8 Å². The number of carbonyl (C=O) groups excluding carboxylic acids is 1. The van der Waals surface area contributed by atoms with Crippen molar-refractivity contribution in [3.05, 3.63) is 42.9 Å². The van der Waals surface area contributed by atoms with Crippen LogP contribution in [0.4, 0.5) is 11.6 Å². The van der Waals surface area contributed by atoms with E-state index in [1.807, 2.05) is 37.5 Å². The summed E-state index contributed by atoms with van der Waals surface area (Å²) in [5.74, 6) is 2.54. The Bertz CT molecular complexity index is 1280. The number of rotatable bonds is 5. The molecule has 8 nitrogen and oxygen atoms in total. The summed E-state index contributed by atoms with van der Waals surface area (Å²) in [6.45, 7) is 2.08. The number of hydrogen-bond donors (Lipinski definition) is 2. The van der Waals surface area contributed by atoms with Crippen molar-refractivity contribution in [1.82, 2.24) is 19.6 Å². The molecule has 30 heavy (non-hydrogen) atoms. The highest BCUT2D eigenvalue weighted by Gasteiger charge is 2.39. The van der Waals surface area contributed by atoms with Gasteiger partial charge in [0, 0.05) is 41.7 Å². The molecule has 0 spiro atoms. The summed E-state index contributed by atoms with van der Waals surface area (Å²) in [6.07, 6.45) is 6.30. The summed E-state index contributed by atoms with van der Waals surface area (Å²) >= 11 is 0. The van der Waals surface area contributed by atoms with E-state index < -0.39 is 0 Å². The average molecular weight is 402 g/mol. The maximum absolute atomic E-state index is 12.4. The van der Waals surface area contributed by atoms with Crippen molar-refractivity contribution in [2.75, 3.05) is 24.8 Å². The van der Waals surface area contributed by atoms with Gasteiger partial charge in [0.2, 0.25) is 5.91 Å². The molecule has 2 N–H and O–H groups in total. The van der Waals surface area contributed by atoms with Gasteiger partial charge in [0.15, 0.2) is 0 Å². The first-order chi connectivity index (χ1) is 14.6. The third kappa shape index (κ3) is 3.10. The van der Waals surface area contributed by atoms with E-state index in [2.05, 4.69) is 27.5 Å². The first-order valence-corrected chi connectivity index (χ1v) is 9.88. The predicted octanol–water partition coefficient (Wildman–Crippen LogP) is 3.59. The molecule has 1 amide bonds. The van der Waals surface area contributed by atoms with Crippen LogP contribution in [0, 0.1) is 11.8 Å². The Kier molecular flexibility index (Phi) is 4.27. The average Bonchev–Trinajstić information content (AvgIpc) is 3.35. The zero-order valence-electron chi connectivity index (χ0n) is 17.0. The Labute approximate surface area is 173 Å². The van der Waals surface area contributed by atoms with E-state index in [-0.39, 0.29) is 11.8 Å². The fourth-order valence-corrected chi connectivity index (χ4v) is 3.73. The Hall–Kier alpha value is -3.68. The number of methoxy groups -OCH3 is 1. The number of carbonyl (C=O) groups is 1. The van der Waals surface area contributed by atoms with Gasteiger partial charge < -0.3 is 15.4 Å². The molecule has 0 radical (unpaired) electrons. The molecule has 0 aliphatic heterocycles. The maximum atomic E-state index is 12.4. The monoisotopic (exact) mass is 402 g/mol. The lowest BCUT2D eigenvalue weighted by Crippen LogP contribution is -2.15. The summed E-state index contributed by atoms with van der Waals surface area (Å²) in [5.41, 5.74) is 2.59. The second-order valence-electron chi connectivity index (χ2n) is 7.66. The molecule has 0 unspecified atom stereocenters. The fraction of sp³-hybridized carbons (Fsp3) is 0.273. The lowest BCUT2D eigenvalue weighted by Gasteiger charge is -2.11. The quantitative estimate of drug-likeness (QED) is 0.530. The van der Waals surface area contributed by atoms with Gasteiger partial charge in [-0.3, -0.25) is 4.79 Å². The van der Waals surface area contributed by atoms with Crippen LogP contribution in [0.3, 0.4) is 0 Å². The zero-order valence-corrected chi connectivity index (χ0v) is 17.0. The summed E-state index contributed by atoms with van der Waals surface area (Å²) in [4.78, 5) is 21.3. The fourth-order valence-electron chi connectivity index (χ4n) is 3.73. The van der Waals surface area contributed by atoms with Gasteiger partial charge in [0.25, 0.3) is 0 Å². The predicted molar refractivity (Wildman–Crippen MR) is 116 cm³/mol. The maximum Gasteiger partial charge on any atom is 0.228 e. The molecule has 4 aromatic rings. The zero-order chi connectivity index (χ0) is 20.8. The number of hydrogen-bond acceptors (Lipinski definition) is 6. The lowest BCUT2D eigenvalue weighted by molar-refractivity contribution is -0.117. The van der Waals surface area contributed by atoms with Crippen LogP contribution in [0.1, 0.15) is 13.3 Å². The lowest BCUT2D eigenvalue weighted by atomic mass is 10.1. The summed E-state index contributed by atoms with van der Waals surface area (Å²) < 4.78 is 7.07. The summed E-state index contributed by atoms with van der Waals surface area (Å²) in [5, 5.41) is 12.5. The second kappa shape index (κ2) is 6.98. The molecule has 1 aliphatic rings. The molecular weight excluding hydrogens is 380 g/mol.